The Labute approximate surface area is 86.7 Å². The number of hydrogen-bond acceptors (Lipinski definition) is 3. The zero-order chi connectivity index (χ0) is 10.1. The second-order valence-corrected chi connectivity index (χ2v) is 4.87. The van der Waals surface area contributed by atoms with E-state index in [9.17, 15) is 0 Å². The number of aliphatic hydroxyl groups is 1. The lowest BCUT2D eigenvalue weighted by Crippen LogP contribution is -2.40. The van der Waals surface area contributed by atoms with Gasteiger partial charge in [0.05, 0.1) is 6.61 Å². The summed E-state index contributed by atoms with van der Waals surface area (Å²) in [4.78, 5) is 4.96. The van der Waals surface area contributed by atoms with Gasteiger partial charge >= 0.3 is 0 Å². The third kappa shape index (κ3) is 2.10. The van der Waals surface area contributed by atoms with Crippen LogP contribution >= 0.6 is 0 Å². The van der Waals surface area contributed by atoms with Gasteiger partial charge in [-0.2, -0.15) is 0 Å². The molecule has 0 aromatic heterocycles. The van der Waals surface area contributed by atoms with Crippen molar-refractivity contribution in [2.75, 3.05) is 26.7 Å². The fraction of sp³-hybridized carbons (Fsp3) is 1.00. The first kappa shape index (κ1) is 10.4. The molecule has 0 spiro atoms. The van der Waals surface area contributed by atoms with E-state index in [0.29, 0.717) is 18.7 Å². The molecule has 1 heterocycles. The predicted octanol–water partition coefficient (Wildman–Crippen LogP) is 0.536. The maximum Gasteiger partial charge on any atom is 0.0558 e. The molecular weight excluding hydrogens is 176 g/mol. The average Bonchev–Trinajstić information content (AvgIpc) is 2.91. The van der Waals surface area contributed by atoms with Crippen molar-refractivity contribution in [2.45, 2.75) is 44.3 Å². The summed E-state index contributed by atoms with van der Waals surface area (Å²) < 4.78 is 0. The molecule has 1 saturated heterocycles. The first-order chi connectivity index (χ1) is 6.72. The Balaban J connectivity index is 1.91. The van der Waals surface area contributed by atoms with E-state index in [1.54, 1.807) is 0 Å². The predicted molar refractivity (Wildman–Crippen MR) is 57.3 cm³/mol. The van der Waals surface area contributed by atoms with Gasteiger partial charge in [-0.15, -0.1) is 0 Å². The van der Waals surface area contributed by atoms with Crippen LogP contribution in [0.3, 0.4) is 0 Å². The molecule has 0 radical (unpaired) electrons. The van der Waals surface area contributed by atoms with Crippen molar-refractivity contribution in [3.05, 3.63) is 0 Å². The summed E-state index contributed by atoms with van der Waals surface area (Å²) in [5.74, 6) is 0. The van der Waals surface area contributed by atoms with Crippen molar-refractivity contribution in [3.63, 3.8) is 0 Å². The maximum atomic E-state index is 9.05. The summed E-state index contributed by atoms with van der Waals surface area (Å²) in [6.45, 7) is 4.66. The van der Waals surface area contributed by atoms with Crippen molar-refractivity contribution in [3.8, 4) is 0 Å². The molecule has 0 aromatic carbocycles. The van der Waals surface area contributed by atoms with Crippen molar-refractivity contribution in [2.24, 2.45) is 0 Å². The van der Waals surface area contributed by atoms with Gasteiger partial charge in [-0.3, -0.25) is 4.90 Å². The Bertz CT molecular complexity index is 184. The van der Waals surface area contributed by atoms with Gasteiger partial charge < -0.3 is 10.0 Å². The van der Waals surface area contributed by atoms with Gasteiger partial charge in [-0.25, -0.2) is 0 Å². The Hall–Kier alpha value is -0.120. The Morgan fingerprint density at radius 3 is 2.50 bits per heavy atom. The number of rotatable bonds is 4. The molecule has 1 aliphatic heterocycles. The molecule has 1 saturated carbocycles. The quantitative estimate of drug-likeness (QED) is 0.714. The van der Waals surface area contributed by atoms with Crippen LogP contribution in [0.25, 0.3) is 0 Å². The van der Waals surface area contributed by atoms with Crippen molar-refractivity contribution in [1.29, 1.82) is 0 Å². The summed E-state index contributed by atoms with van der Waals surface area (Å²) >= 11 is 0. The molecule has 0 bridgehead atoms. The summed E-state index contributed by atoms with van der Waals surface area (Å²) in [7, 11) is 2.20. The van der Waals surface area contributed by atoms with Crippen LogP contribution in [0.5, 0.6) is 0 Å². The van der Waals surface area contributed by atoms with E-state index >= 15 is 0 Å². The standard InChI is InChI=1S/C11H22N2O/c1-9-7-11(8-12(9)2)13(5-6-14)10-3-4-10/h9-11,14H,3-8H2,1-2H3. The molecule has 1 aliphatic carbocycles. The number of aliphatic hydroxyl groups excluding tert-OH is 1. The van der Waals surface area contributed by atoms with Gasteiger partial charge in [0.2, 0.25) is 0 Å². The van der Waals surface area contributed by atoms with Gasteiger partial charge in [0.1, 0.15) is 0 Å². The minimum Gasteiger partial charge on any atom is -0.395 e. The average molecular weight is 198 g/mol. The van der Waals surface area contributed by atoms with Crippen molar-refractivity contribution in [1.82, 2.24) is 9.80 Å². The van der Waals surface area contributed by atoms with Crippen LogP contribution in [0.1, 0.15) is 26.2 Å². The van der Waals surface area contributed by atoms with Gasteiger partial charge in [0, 0.05) is 31.2 Å². The van der Waals surface area contributed by atoms with Crippen molar-refractivity contribution >= 4 is 0 Å². The summed E-state index contributed by atoms with van der Waals surface area (Å²) in [5.41, 5.74) is 0. The Morgan fingerprint density at radius 2 is 2.07 bits per heavy atom. The molecule has 2 aliphatic rings. The fourth-order valence-electron chi connectivity index (χ4n) is 2.59. The summed E-state index contributed by atoms with van der Waals surface area (Å²) in [6.07, 6.45) is 3.95. The summed E-state index contributed by atoms with van der Waals surface area (Å²) in [6, 6.07) is 2.18. The van der Waals surface area contributed by atoms with E-state index in [-0.39, 0.29) is 0 Å². The number of likely N-dealkylation sites (tertiary alicyclic amines) is 1. The summed E-state index contributed by atoms with van der Waals surface area (Å²) in [5, 5.41) is 9.05. The normalized spacial score (nSPS) is 34.3. The topological polar surface area (TPSA) is 26.7 Å². The van der Waals surface area contributed by atoms with Crippen LogP contribution in [0.2, 0.25) is 0 Å². The highest BCUT2D eigenvalue weighted by atomic mass is 16.3. The van der Waals surface area contributed by atoms with Gasteiger partial charge in [-0.05, 0) is 33.2 Å². The second kappa shape index (κ2) is 4.17. The highest BCUT2D eigenvalue weighted by Gasteiger charge is 2.37. The first-order valence-corrected chi connectivity index (χ1v) is 5.79. The number of hydrogen-bond donors (Lipinski definition) is 1. The van der Waals surface area contributed by atoms with E-state index < -0.39 is 0 Å². The molecule has 82 valence electrons. The molecule has 1 N–H and O–H groups in total. The molecule has 3 nitrogen and oxygen atoms in total. The van der Waals surface area contributed by atoms with Crippen LogP contribution in [0.4, 0.5) is 0 Å². The van der Waals surface area contributed by atoms with E-state index in [1.165, 1.54) is 25.8 Å². The Kier molecular flexibility index (Phi) is 3.10. The van der Waals surface area contributed by atoms with Crippen LogP contribution in [0.15, 0.2) is 0 Å². The number of nitrogens with zero attached hydrogens (tertiary/aromatic N) is 2. The monoisotopic (exact) mass is 198 g/mol. The Morgan fingerprint density at radius 1 is 1.36 bits per heavy atom. The van der Waals surface area contributed by atoms with Gasteiger partial charge in [-0.1, -0.05) is 0 Å². The molecule has 14 heavy (non-hydrogen) atoms. The lowest BCUT2D eigenvalue weighted by Gasteiger charge is -2.27. The van der Waals surface area contributed by atoms with E-state index in [1.807, 2.05) is 0 Å². The lowest BCUT2D eigenvalue weighted by molar-refractivity contribution is 0.144. The lowest BCUT2D eigenvalue weighted by atomic mass is 10.1. The second-order valence-electron chi connectivity index (χ2n) is 4.87. The van der Waals surface area contributed by atoms with Crippen LogP contribution < -0.4 is 0 Å². The third-order valence-electron chi connectivity index (χ3n) is 3.71. The van der Waals surface area contributed by atoms with Crippen molar-refractivity contribution < 1.29 is 5.11 Å². The highest BCUT2D eigenvalue weighted by Crippen LogP contribution is 2.32. The fourth-order valence-corrected chi connectivity index (χ4v) is 2.59. The molecular formula is C11H22N2O. The molecule has 0 amide bonds. The highest BCUT2D eigenvalue weighted by molar-refractivity contribution is 4.94. The third-order valence-corrected chi connectivity index (χ3v) is 3.71. The molecule has 2 unspecified atom stereocenters. The molecule has 2 rings (SSSR count). The molecule has 2 fully saturated rings. The van der Waals surface area contributed by atoms with Gasteiger partial charge in [0.25, 0.3) is 0 Å². The van der Waals surface area contributed by atoms with Crippen LogP contribution in [-0.4, -0.2) is 59.8 Å². The first-order valence-electron chi connectivity index (χ1n) is 5.79. The molecule has 3 heteroatoms. The van der Waals surface area contributed by atoms with Crippen LogP contribution in [-0.2, 0) is 0 Å². The minimum atomic E-state index is 0.311. The van der Waals surface area contributed by atoms with E-state index in [4.69, 9.17) is 5.11 Å². The van der Waals surface area contributed by atoms with Crippen LogP contribution in [0, 0.1) is 0 Å². The van der Waals surface area contributed by atoms with E-state index in [0.717, 1.165) is 12.6 Å². The van der Waals surface area contributed by atoms with E-state index in [2.05, 4.69) is 23.8 Å². The largest absolute Gasteiger partial charge is 0.395 e. The zero-order valence-electron chi connectivity index (χ0n) is 9.32. The van der Waals surface area contributed by atoms with Gasteiger partial charge in [0.15, 0.2) is 0 Å². The maximum absolute atomic E-state index is 9.05. The minimum absolute atomic E-state index is 0.311. The molecule has 0 aromatic rings. The molecule has 2 atom stereocenters. The number of likely N-dealkylation sites (N-methyl/N-ethyl adjacent to an activating group) is 1. The SMILES string of the molecule is CC1CC(N(CCO)C2CC2)CN1C. The zero-order valence-corrected chi connectivity index (χ0v) is 9.32. The smallest absolute Gasteiger partial charge is 0.0558 e.